The van der Waals surface area contributed by atoms with E-state index in [1.54, 1.807) is 0 Å². The number of nitrogens with one attached hydrogen (secondary N) is 1. The summed E-state index contributed by atoms with van der Waals surface area (Å²) in [6, 6.07) is 17.7. The van der Waals surface area contributed by atoms with E-state index in [9.17, 15) is 4.79 Å². The maximum absolute atomic E-state index is 11.3. The van der Waals surface area contributed by atoms with Gasteiger partial charge in [0, 0.05) is 30.6 Å². The second kappa shape index (κ2) is 6.45. The second-order valence-electron chi connectivity index (χ2n) is 5.25. The number of rotatable bonds is 6. The summed E-state index contributed by atoms with van der Waals surface area (Å²) >= 11 is 0. The molecule has 0 bridgehead atoms. The smallest absolute Gasteiger partial charge is 0.151 e. The van der Waals surface area contributed by atoms with Crippen molar-refractivity contribution >= 4 is 22.9 Å². The quantitative estimate of drug-likeness (QED) is 0.560. The molecule has 1 atom stereocenters. The number of nitrogens with zero attached hydrogens (tertiary/aromatic N) is 1. The van der Waals surface area contributed by atoms with Crippen molar-refractivity contribution in [2.24, 2.45) is 7.05 Å². The second-order valence-corrected chi connectivity index (χ2v) is 5.25. The summed E-state index contributed by atoms with van der Waals surface area (Å²) < 4.78 is 2.07. The summed E-state index contributed by atoms with van der Waals surface area (Å²) in [4.78, 5) is 16.8. The summed E-state index contributed by atoms with van der Waals surface area (Å²) in [5.41, 5.74) is 5.91. The molecule has 0 spiro atoms. The highest BCUT2D eigenvalue weighted by molar-refractivity contribution is 5.84. The minimum absolute atomic E-state index is 0.532. The average Bonchev–Trinajstić information content (AvgIpc) is 2.89. The van der Waals surface area contributed by atoms with Crippen molar-refractivity contribution in [1.82, 2.24) is 4.57 Å². The zero-order valence-corrected chi connectivity index (χ0v) is 12.4. The van der Waals surface area contributed by atoms with Crippen molar-refractivity contribution < 1.29 is 9.63 Å². The molecule has 112 valence electrons. The van der Waals surface area contributed by atoms with Gasteiger partial charge in [-0.05, 0) is 23.8 Å². The van der Waals surface area contributed by atoms with Crippen LogP contribution in [0.4, 0.5) is 5.69 Å². The van der Waals surface area contributed by atoms with Crippen molar-refractivity contribution in [3.8, 4) is 0 Å². The molecule has 0 aliphatic carbocycles. The first-order chi connectivity index (χ1) is 10.8. The number of hydrogen-bond acceptors (Lipinski definition) is 3. The third kappa shape index (κ3) is 3.02. The third-order valence-electron chi connectivity index (χ3n) is 3.65. The average molecular weight is 294 g/mol. The van der Waals surface area contributed by atoms with Crippen LogP contribution < -0.4 is 5.48 Å². The van der Waals surface area contributed by atoms with Gasteiger partial charge in [-0.1, -0.05) is 36.4 Å². The molecule has 3 rings (SSSR count). The number of fused-ring (bicyclic) bond motifs is 1. The fraction of sp³-hybridized carbons (Fsp3) is 0.167. The van der Waals surface area contributed by atoms with Crippen molar-refractivity contribution in [1.29, 1.82) is 0 Å². The Hall–Kier alpha value is -2.59. The van der Waals surface area contributed by atoms with Crippen LogP contribution in [0.2, 0.25) is 0 Å². The lowest BCUT2D eigenvalue weighted by Gasteiger charge is -2.12. The number of hydrogen-bond donors (Lipinski definition) is 1. The van der Waals surface area contributed by atoms with Crippen molar-refractivity contribution in [2.75, 3.05) is 5.48 Å². The van der Waals surface area contributed by atoms with Gasteiger partial charge in [0.25, 0.3) is 0 Å². The standard InChI is InChI=1S/C18H18N2O2/c1-20-12-14(17-9-5-6-10-18(17)20)11-16(13-21)22-19-15-7-3-2-4-8-15/h2-10,12-13,16,19H,11H2,1H3/t16-/m1/s1. The molecule has 4 nitrogen and oxygen atoms in total. The zero-order chi connectivity index (χ0) is 15.4. The molecule has 0 saturated carbocycles. The molecule has 2 aromatic carbocycles. The summed E-state index contributed by atoms with van der Waals surface area (Å²) in [6.45, 7) is 0. The Balaban J connectivity index is 1.73. The van der Waals surface area contributed by atoms with E-state index >= 15 is 0 Å². The Morgan fingerprint density at radius 1 is 1.14 bits per heavy atom. The number of aromatic nitrogens is 1. The van der Waals surface area contributed by atoms with Crippen molar-refractivity contribution in [3.63, 3.8) is 0 Å². The van der Waals surface area contributed by atoms with Gasteiger partial charge in [-0.2, -0.15) is 0 Å². The maximum Gasteiger partial charge on any atom is 0.151 e. The molecule has 0 fully saturated rings. The van der Waals surface area contributed by atoms with Crippen LogP contribution in [-0.2, 0) is 23.1 Å². The molecule has 0 amide bonds. The van der Waals surface area contributed by atoms with Gasteiger partial charge in [0.15, 0.2) is 6.29 Å². The summed E-state index contributed by atoms with van der Waals surface area (Å²) in [7, 11) is 2.00. The topological polar surface area (TPSA) is 43.3 Å². The molecule has 0 aliphatic heterocycles. The first kappa shape index (κ1) is 14.4. The van der Waals surface area contributed by atoms with E-state index in [-0.39, 0.29) is 0 Å². The van der Waals surface area contributed by atoms with Crippen LogP contribution in [0.5, 0.6) is 0 Å². The van der Waals surface area contributed by atoms with E-state index in [2.05, 4.69) is 22.2 Å². The Labute approximate surface area is 129 Å². The fourth-order valence-electron chi connectivity index (χ4n) is 2.57. The summed E-state index contributed by atoms with van der Waals surface area (Å²) in [5.74, 6) is 0. The number of aldehydes is 1. The first-order valence-electron chi connectivity index (χ1n) is 7.23. The van der Waals surface area contributed by atoms with Gasteiger partial charge in [-0.15, -0.1) is 0 Å². The van der Waals surface area contributed by atoms with E-state index in [1.165, 1.54) is 0 Å². The van der Waals surface area contributed by atoms with E-state index in [1.807, 2.05) is 55.7 Å². The number of benzene rings is 2. The molecule has 22 heavy (non-hydrogen) atoms. The minimum atomic E-state index is -0.536. The van der Waals surface area contributed by atoms with Crippen LogP contribution in [0.25, 0.3) is 10.9 Å². The van der Waals surface area contributed by atoms with Crippen LogP contribution in [0.1, 0.15) is 5.56 Å². The van der Waals surface area contributed by atoms with E-state index in [0.717, 1.165) is 28.4 Å². The van der Waals surface area contributed by atoms with Crippen LogP contribution in [-0.4, -0.2) is 17.0 Å². The predicted molar refractivity (Wildman–Crippen MR) is 87.6 cm³/mol. The van der Waals surface area contributed by atoms with E-state index < -0.39 is 6.10 Å². The number of aryl methyl sites for hydroxylation is 1. The molecular weight excluding hydrogens is 276 g/mol. The molecule has 0 radical (unpaired) electrons. The lowest BCUT2D eigenvalue weighted by atomic mass is 10.1. The van der Waals surface area contributed by atoms with E-state index in [4.69, 9.17) is 4.84 Å². The zero-order valence-electron chi connectivity index (χ0n) is 12.4. The van der Waals surface area contributed by atoms with Crippen molar-refractivity contribution in [3.05, 3.63) is 66.4 Å². The Kier molecular flexibility index (Phi) is 4.21. The molecule has 1 N–H and O–H groups in total. The van der Waals surface area contributed by atoms with Gasteiger partial charge in [0.2, 0.25) is 0 Å². The van der Waals surface area contributed by atoms with Gasteiger partial charge in [0.1, 0.15) is 6.10 Å². The highest BCUT2D eigenvalue weighted by Crippen LogP contribution is 2.22. The number of carbonyl (C=O) groups excluding carboxylic acids is 1. The van der Waals surface area contributed by atoms with Crippen LogP contribution in [0, 0.1) is 0 Å². The van der Waals surface area contributed by atoms with Crippen LogP contribution in [0.3, 0.4) is 0 Å². The summed E-state index contributed by atoms with van der Waals surface area (Å²) in [5, 5.41) is 1.15. The number of anilines is 1. The molecule has 0 unspecified atom stereocenters. The molecule has 1 aromatic heterocycles. The van der Waals surface area contributed by atoms with Crippen LogP contribution in [0.15, 0.2) is 60.8 Å². The number of para-hydroxylation sites is 2. The first-order valence-corrected chi connectivity index (χ1v) is 7.23. The Morgan fingerprint density at radius 2 is 1.86 bits per heavy atom. The largest absolute Gasteiger partial charge is 0.350 e. The highest BCUT2D eigenvalue weighted by atomic mass is 16.7. The molecule has 1 heterocycles. The Bertz CT molecular complexity index is 765. The minimum Gasteiger partial charge on any atom is -0.350 e. The monoisotopic (exact) mass is 294 g/mol. The van der Waals surface area contributed by atoms with Gasteiger partial charge in [-0.25, -0.2) is 0 Å². The number of carbonyl (C=O) groups is 1. The lowest BCUT2D eigenvalue weighted by Crippen LogP contribution is -2.21. The molecule has 4 heteroatoms. The molecule has 0 aliphatic rings. The SMILES string of the molecule is Cn1cc(C[C@H](C=O)ONc2ccccc2)c2ccccc21. The van der Waals surface area contributed by atoms with Crippen LogP contribution >= 0.6 is 0 Å². The predicted octanol–water partition coefficient (Wildman–Crippen LogP) is 3.33. The van der Waals surface area contributed by atoms with Gasteiger partial charge in [0.05, 0.1) is 5.69 Å². The van der Waals surface area contributed by atoms with Gasteiger partial charge < -0.3 is 9.36 Å². The van der Waals surface area contributed by atoms with Gasteiger partial charge >= 0.3 is 0 Å². The van der Waals surface area contributed by atoms with Gasteiger partial charge in [-0.3, -0.25) is 10.3 Å². The summed E-state index contributed by atoms with van der Waals surface area (Å²) in [6.07, 6.45) is 2.88. The normalized spacial score (nSPS) is 12.2. The fourth-order valence-corrected chi connectivity index (χ4v) is 2.57. The Morgan fingerprint density at radius 3 is 2.64 bits per heavy atom. The maximum atomic E-state index is 11.3. The third-order valence-corrected chi connectivity index (χ3v) is 3.65. The molecule has 0 saturated heterocycles. The van der Waals surface area contributed by atoms with Crippen molar-refractivity contribution in [2.45, 2.75) is 12.5 Å². The highest BCUT2D eigenvalue weighted by Gasteiger charge is 2.14. The molecule has 3 aromatic rings. The van der Waals surface area contributed by atoms with E-state index in [0.29, 0.717) is 6.42 Å². The molecular formula is C18H18N2O2. The lowest BCUT2D eigenvalue weighted by molar-refractivity contribution is -0.116.